The van der Waals surface area contributed by atoms with Gasteiger partial charge < -0.3 is 25.3 Å². The fourth-order valence-corrected chi connectivity index (χ4v) is 5.45. The lowest BCUT2D eigenvalue weighted by Gasteiger charge is -2.33. The number of nitrogens with zero attached hydrogens (tertiary/aromatic N) is 4. The molecule has 1 aliphatic heterocycles. The molecule has 0 spiro atoms. The minimum atomic E-state index is -0.335. The minimum Gasteiger partial charge on any atom is -0.484 e. The lowest BCUT2D eigenvalue weighted by Crippen LogP contribution is -2.44. The molecule has 0 saturated carbocycles. The molecule has 0 bridgehead atoms. The highest BCUT2D eigenvalue weighted by atomic mass is 16.5. The monoisotopic (exact) mass is 603 g/mol. The highest BCUT2D eigenvalue weighted by molar-refractivity contribution is 6.09. The van der Waals surface area contributed by atoms with E-state index in [4.69, 9.17) is 21.0 Å². The summed E-state index contributed by atoms with van der Waals surface area (Å²) in [6.45, 7) is 8.91. The normalized spacial score (nSPS) is 18.9. The van der Waals surface area contributed by atoms with Crippen LogP contribution in [0.3, 0.4) is 0 Å². The number of likely N-dealkylation sites (tertiary alicyclic amines) is 1. The van der Waals surface area contributed by atoms with Crippen molar-refractivity contribution in [3.8, 4) is 5.75 Å². The van der Waals surface area contributed by atoms with Crippen molar-refractivity contribution in [2.45, 2.75) is 71.4 Å². The molecular weight excluding hydrogens is 554 g/mol. The summed E-state index contributed by atoms with van der Waals surface area (Å²) >= 11 is 0. The number of nitrogens with one attached hydrogen (secondary N) is 5. The molecule has 1 saturated heterocycles. The van der Waals surface area contributed by atoms with E-state index in [9.17, 15) is 4.79 Å². The van der Waals surface area contributed by atoms with Crippen molar-refractivity contribution in [2.75, 3.05) is 40.3 Å². The number of benzene rings is 1. The predicted octanol–water partition coefficient (Wildman–Crippen LogP) is 4.91. The Morgan fingerprint density at radius 3 is 2.43 bits per heavy atom. The summed E-state index contributed by atoms with van der Waals surface area (Å²) in [7, 11) is 3.96. The van der Waals surface area contributed by atoms with Crippen LogP contribution in [0.4, 0.5) is 4.79 Å². The van der Waals surface area contributed by atoms with Crippen LogP contribution < -0.4 is 20.9 Å². The summed E-state index contributed by atoms with van der Waals surface area (Å²) < 4.78 is 8.06. The Morgan fingerprint density at radius 2 is 1.75 bits per heavy atom. The summed E-state index contributed by atoms with van der Waals surface area (Å²) in [5.41, 5.74) is 2.44. The number of piperidine rings is 1. The first kappa shape index (κ1) is 32.9. The second-order valence-electron chi connectivity index (χ2n) is 13.0. The van der Waals surface area contributed by atoms with E-state index in [-0.39, 0.29) is 35.5 Å². The number of amidine groups is 1. The van der Waals surface area contributed by atoms with Gasteiger partial charge in [0.1, 0.15) is 23.2 Å². The average Bonchev–Trinajstić information content (AvgIpc) is 2.98. The van der Waals surface area contributed by atoms with E-state index in [1.54, 1.807) is 22.9 Å². The number of hydrogen-bond donors (Lipinski definition) is 5. The van der Waals surface area contributed by atoms with E-state index >= 15 is 0 Å². The molecule has 2 amide bonds. The Morgan fingerprint density at radius 1 is 1.05 bits per heavy atom. The van der Waals surface area contributed by atoms with Gasteiger partial charge >= 0.3 is 6.03 Å². The molecule has 1 aromatic carbocycles. The third-order valence-corrected chi connectivity index (χ3v) is 8.18. The van der Waals surface area contributed by atoms with Crippen LogP contribution in [0.2, 0.25) is 0 Å². The zero-order valence-corrected chi connectivity index (χ0v) is 26.9. The van der Waals surface area contributed by atoms with E-state index in [0.717, 1.165) is 43.6 Å². The molecule has 1 aliphatic carbocycles. The highest BCUT2D eigenvalue weighted by Crippen LogP contribution is 2.38. The summed E-state index contributed by atoms with van der Waals surface area (Å²) in [4.78, 5) is 21.9. The third kappa shape index (κ3) is 8.78. The zero-order chi connectivity index (χ0) is 31.9. The van der Waals surface area contributed by atoms with Crippen molar-refractivity contribution in [3.63, 3.8) is 0 Å². The van der Waals surface area contributed by atoms with E-state index in [0.29, 0.717) is 42.6 Å². The van der Waals surface area contributed by atoms with Crippen molar-refractivity contribution in [3.05, 3.63) is 59.2 Å². The summed E-state index contributed by atoms with van der Waals surface area (Å²) in [6, 6.07) is 10.9. The molecule has 2 unspecified atom stereocenters. The standard InChI is InChI=1S/C33H49N9O2/c1-33(2,3)28(34)21-30(37-17-20-40(4)5)39-32(43)38-26-14-15-27(25-12-8-7-11-24(25)26)44-23-13-16-29(35)42(22-23)31(36)41-18-9-6-10-19-41/h7-8,11-13,16,22,26-27,34-36H,6,9-10,14-15,17-21H2,1-5H3,(H2,37,38,39,43). The number of fused-ring (bicyclic) bond motifs is 1. The number of aliphatic imine (C=N–C) groups is 1. The lowest BCUT2D eigenvalue weighted by molar-refractivity contribution is 0.171. The van der Waals surface area contributed by atoms with Crippen LogP contribution in [0, 0.1) is 21.6 Å². The molecule has 2 heterocycles. The molecule has 238 valence electrons. The van der Waals surface area contributed by atoms with E-state index in [1.165, 1.54) is 6.42 Å². The van der Waals surface area contributed by atoms with E-state index in [2.05, 4.69) is 15.6 Å². The van der Waals surface area contributed by atoms with Crippen LogP contribution in [0.5, 0.6) is 5.75 Å². The molecule has 11 nitrogen and oxygen atoms in total. The van der Waals surface area contributed by atoms with Gasteiger partial charge in [-0.2, -0.15) is 0 Å². The molecule has 0 radical (unpaired) electrons. The van der Waals surface area contributed by atoms with Crippen LogP contribution in [0.25, 0.3) is 0 Å². The Balaban J connectivity index is 1.46. The molecule has 2 aliphatic rings. The number of ether oxygens (including phenoxy) is 1. The Hall–Kier alpha value is -3.99. The number of aromatic nitrogens is 1. The SMILES string of the molecule is CN(C)CCN=C(CC(=N)C(C)(C)C)NC(=O)NC1CCC(Oc2ccc(=N)n(C(=N)N3CCCCC3)c2)c2ccccc21. The molecule has 44 heavy (non-hydrogen) atoms. The van der Waals surface area contributed by atoms with Gasteiger partial charge in [-0.1, -0.05) is 45.0 Å². The first-order chi connectivity index (χ1) is 20.9. The zero-order valence-electron chi connectivity index (χ0n) is 26.9. The van der Waals surface area contributed by atoms with Crippen molar-refractivity contribution in [2.24, 2.45) is 10.4 Å². The molecule has 2 atom stereocenters. The highest BCUT2D eigenvalue weighted by Gasteiger charge is 2.30. The van der Waals surface area contributed by atoms with E-state index < -0.39 is 0 Å². The molecule has 5 N–H and O–H groups in total. The third-order valence-electron chi connectivity index (χ3n) is 8.18. The van der Waals surface area contributed by atoms with E-state index in [1.807, 2.05) is 68.9 Å². The molecule has 1 fully saturated rings. The van der Waals surface area contributed by atoms with Gasteiger partial charge in [-0.25, -0.2) is 4.79 Å². The quantitative estimate of drug-likeness (QED) is 0.216. The smallest absolute Gasteiger partial charge is 0.320 e. The van der Waals surface area contributed by atoms with Gasteiger partial charge in [0.15, 0.2) is 0 Å². The number of carbonyl (C=O) groups is 1. The maximum atomic E-state index is 13.2. The van der Waals surface area contributed by atoms with Gasteiger partial charge in [0.2, 0.25) is 5.96 Å². The van der Waals surface area contributed by atoms with Gasteiger partial charge in [-0.15, -0.1) is 0 Å². The van der Waals surface area contributed by atoms with Crippen molar-refractivity contribution in [1.82, 2.24) is 25.0 Å². The summed E-state index contributed by atoms with van der Waals surface area (Å²) in [5.74, 6) is 1.41. The number of urea groups is 1. The molecule has 1 aromatic heterocycles. The second-order valence-corrected chi connectivity index (χ2v) is 13.0. The van der Waals surface area contributed by atoms with Gasteiger partial charge in [0, 0.05) is 31.8 Å². The fourth-order valence-electron chi connectivity index (χ4n) is 5.45. The maximum absolute atomic E-state index is 13.2. The van der Waals surface area contributed by atoms with Gasteiger partial charge in [0.25, 0.3) is 0 Å². The first-order valence-electron chi connectivity index (χ1n) is 15.6. The average molecular weight is 604 g/mol. The van der Waals surface area contributed by atoms with Crippen LogP contribution in [0.1, 0.15) is 82.6 Å². The van der Waals surface area contributed by atoms with Crippen molar-refractivity contribution >= 4 is 23.5 Å². The number of likely N-dealkylation sites (N-methyl/N-ethyl adjacent to an activating group) is 1. The Labute approximate surface area is 261 Å². The molecular formula is C33H49N9O2. The number of carbonyl (C=O) groups excluding carboxylic acids is 1. The molecule has 11 heteroatoms. The lowest BCUT2D eigenvalue weighted by atomic mass is 9.85. The van der Waals surface area contributed by atoms with Crippen LogP contribution in [0.15, 0.2) is 47.6 Å². The maximum Gasteiger partial charge on any atom is 0.320 e. The van der Waals surface area contributed by atoms with Crippen LogP contribution >= 0.6 is 0 Å². The number of hydrogen-bond acceptors (Lipinski definition) is 7. The predicted molar refractivity (Wildman–Crippen MR) is 175 cm³/mol. The molecule has 4 rings (SSSR count). The number of pyridine rings is 1. The van der Waals surface area contributed by atoms with Crippen molar-refractivity contribution < 1.29 is 9.53 Å². The second kappa shape index (κ2) is 14.7. The first-order valence-corrected chi connectivity index (χ1v) is 15.6. The number of amides is 2. The Bertz CT molecular complexity index is 1420. The van der Waals surface area contributed by atoms with Gasteiger partial charge in [-0.3, -0.25) is 25.7 Å². The summed E-state index contributed by atoms with van der Waals surface area (Å²) in [6.07, 6.45) is 6.47. The van der Waals surface area contributed by atoms with Gasteiger partial charge in [-0.05, 0) is 74.9 Å². The van der Waals surface area contributed by atoms with Crippen LogP contribution in [-0.2, 0) is 0 Å². The number of rotatable bonds is 8. The van der Waals surface area contributed by atoms with Crippen molar-refractivity contribution in [1.29, 1.82) is 16.2 Å². The van der Waals surface area contributed by atoms with Gasteiger partial charge in [0.05, 0.1) is 18.8 Å². The fraction of sp³-hybridized carbons (Fsp3) is 0.545. The van der Waals surface area contributed by atoms with Crippen LogP contribution in [-0.4, -0.2) is 78.2 Å². The molecule has 2 aromatic rings. The summed E-state index contributed by atoms with van der Waals surface area (Å²) in [5, 5.41) is 31.7. The topological polar surface area (TPSA) is 146 Å². The Kier molecular flexibility index (Phi) is 11.0. The minimum absolute atomic E-state index is 0.205. The largest absolute Gasteiger partial charge is 0.484 e.